The second-order valence-corrected chi connectivity index (χ2v) is 6.48. The van der Waals surface area contributed by atoms with Crippen molar-refractivity contribution in [2.45, 2.75) is 58.3 Å². The largest absolute Gasteiger partial charge is 0.435 e. The van der Waals surface area contributed by atoms with Crippen molar-refractivity contribution < 1.29 is 13.2 Å². The zero-order chi connectivity index (χ0) is 17.7. The van der Waals surface area contributed by atoms with Gasteiger partial charge in [0.2, 0.25) is 0 Å². The van der Waals surface area contributed by atoms with Crippen LogP contribution in [0.4, 0.5) is 13.2 Å². The minimum atomic E-state index is -4.46. The van der Waals surface area contributed by atoms with Crippen molar-refractivity contribution in [1.29, 1.82) is 0 Å². The Hall–Kier alpha value is -1.73. The Labute approximate surface area is 140 Å². The number of guanidine groups is 1. The maximum atomic E-state index is 13.0. The molecular weight excluding hydrogens is 319 g/mol. The van der Waals surface area contributed by atoms with Crippen LogP contribution in [0.1, 0.15) is 50.8 Å². The first-order valence-electron chi connectivity index (χ1n) is 8.44. The highest BCUT2D eigenvalue weighted by Crippen LogP contribution is 2.30. The van der Waals surface area contributed by atoms with Crippen LogP contribution in [0.25, 0.3) is 0 Å². The minimum Gasteiger partial charge on any atom is -0.357 e. The zero-order valence-electron chi connectivity index (χ0n) is 14.5. The number of alkyl halides is 3. The topological polar surface area (TPSA) is 54.2 Å². The van der Waals surface area contributed by atoms with Gasteiger partial charge in [0.25, 0.3) is 0 Å². The van der Waals surface area contributed by atoms with E-state index in [0.717, 1.165) is 12.8 Å². The SMILES string of the molecule is CCNC(=NCc1cn(C)nc1C(F)(F)F)NC1CCCC(C)C1. The molecule has 0 bridgehead atoms. The molecule has 2 rings (SSSR count). The van der Waals surface area contributed by atoms with Crippen molar-refractivity contribution in [3.05, 3.63) is 17.5 Å². The first-order chi connectivity index (χ1) is 11.3. The number of hydrogen-bond acceptors (Lipinski definition) is 2. The van der Waals surface area contributed by atoms with Crippen LogP contribution in [0.5, 0.6) is 0 Å². The van der Waals surface area contributed by atoms with E-state index in [4.69, 9.17) is 0 Å². The normalized spacial score (nSPS) is 22.5. The van der Waals surface area contributed by atoms with Crippen molar-refractivity contribution in [1.82, 2.24) is 20.4 Å². The molecule has 1 aliphatic rings. The summed E-state index contributed by atoms with van der Waals surface area (Å²) in [7, 11) is 1.48. The summed E-state index contributed by atoms with van der Waals surface area (Å²) in [5.41, 5.74) is -0.782. The van der Waals surface area contributed by atoms with Crippen molar-refractivity contribution in [2.75, 3.05) is 6.54 Å². The molecule has 5 nitrogen and oxygen atoms in total. The number of aliphatic imine (C=N–C) groups is 1. The molecule has 1 saturated carbocycles. The van der Waals surface area contributed by atoms with E-state index in [-0.39, 0.29) is 12.1 Å². The average Bonchev–Trinajstić information content (AvgIpc) is 2.86. The first-order valence-corrected chi connectivity index (χ1v) is 8.44. The van der Waals surface area contributed by atoms with Crippen LogP contribution >= 0.6 is 0 Å². The third-order valence-electron chi connectivity index (χ3n) is 4.20. The Morgan fingerprint density at radius 3 is 2.79 bits per heavy atom. The number of aryl methyl sites for hydroxylation is 1. The quantitative estimate of drug-likeness (QED) is 0.651. The van der Waals surface area contributed by atoms with Crippen molar-refractivity contribution in [3.8, 4) is 0 Å². The Morgan fingerprint density at radius 1 is 1.42 bits per heavy atom. The van der Waals surface area contributed by atoms with E-state index in [0.29, 0.717) is 24.5 Å². The van der Waals surface area contributed by atoms with Crippen LogP contribution < -0.4 is 10.6 Å². The number of aromatic nitrogens is 2. The zero-order valence-corrected chi connectivity index (χ0v) is 14.5. The molecule has 1 aromatic rings. The third kappa shape index (κ3) is 5.14. The van der Waals surface area contributed by atoms with Crippen LogP contribution in [0.2, 0.25) is 0 Å². The maximum Gasteiger partial charge on any atom is 0.435 e. The standard InChI is InChI=1S/C16H26F3N5/c1-4-20-15(22-13-7-5-6-11(2)8-13)21-9-12-10-24(3)23-14(12)16(17,18)19/h10-11,13H,4-9H2,1-3H3,(H2,20,21,22). The van der Waals surface area contributed by atoms with E-state index in [2.05, 4.69) is 27.6 Å². The number of nitrogens with zero attached hydrogens (tertiary/aromatic N) is 3. The summed E-state index contributed by atoms with van der Waals surface area (Å²) in [6.07, 6.45) is 1.44. The van der Waals surface area contributed by atoms with Gasteiger partial charge in [0.05, 0.1) is 6.54 Å². The van der Waals surface area contributed by atoms with Crippen molar-refractivity contribution in [3.63, 3.8) is 0 Å². The lowest BCUT2D eigenvalue weighted by Gasteiger charge is -2.28. The van der Waals surface area contributed by atoms with Gasteiger partial charge >= 0.3 is 6.18 Å². The summed E-state index contributed by atoms with van der Waals surface area (Å²) in [6.45, 7) is 4.77. The smallest absolute Gasteiger partial charge is 0.357 e. The molecule has 8 heteroatoms. The van der Waals surface area contributed by atoms with Crippen LogP contribution in [0.3, 0.4) is 0 Å². The van der Waals surface area contributed by atoms with E-state index < -0.39 is 11.9 Å². The molecule has 0 spiro atoms. The third-order valence-corrected chi connectivity index (χ3v) is 4.20. The number of nitrogens with one attached hydrogen (secondary N) is 2. The van der Waals surface area contributed by atoms with E-state index in [1.165, 1.54) is 30.8 Å². The molecule has 1 aromatic heterocycles. The predicted molar refractivity (Wildman–Crippen MR) is 87.6 cm³/mol. The summed E-state index contributed by atoms with van der Waals surface area (Å²) in [4.78, 5) is 4.33. The summed E-state index contributed by atoms with van der Waals surface area (Å²) in [5, 5.41) is 9.98. The van der Waals surface area contributed by atoms with Gasteiger partial charge in [-0.05, 0) is 25.7 Å². The van der Waals surface area contributed by atoms with Gasteiger partial charge in [0.1, 0.15) is 0 Å². The van der Waals surface area contributed by atoms with Gasteiger partial charge in [-0.25, -0.2) is 4.99 Å². The number of hydrogen-bond donors (Lipinski definition) is 2. The second-order valence-electron chi connectivity index (χ2n) is 6.48. The highest BCUT2D eigenvalue weighted by molar-refractivity contribution is 5.80. The van der Waals surface area contributed by atoms with E-state index >= 15 is 0 Å². The van der Waals surface area contributed by atoms with Gasteiger partial charge in [-0.15, -0.1) is 0 Å². The van der Waals surface area contributed by atoms with Gasteiger partial charge in [-0.3, -0.25) is 4.68 Å². The molecule has 136 valence electrons. The highest BCUT2D eigenvalue weighted by atomic mass is 19.4. The molecule has 1 fully saturated rings. The van der Waals surface area contributed by atoms with E-state index in [1.807, 2.05) is 6.92 Å². The van der Waals surface area contributed by atoms with Crippen LogP contribution in [-0.2, 0) is 19.8 Å². The maximum absolute atomic E-state index is 13.0. The molecule has 1 aliphatic carbocycles. The molecule has 2 atom stereocenters. The van der Waals surface area contributed by atoms with Crippen LogP contribution in [0, 0.1) is 5.92 Å². The van der Waals surface area contributed by atoms with E-state index in [9.17, 15) is 13.2 Å². The Balaban J connectivity index is 2.08. The van der Waals surface area contributed by atoms with Gasteiger partial charge in [-0.2, -0.15) is 18.3 Å². The molecule has 0 amide bonds. The molecule has 0 saturated heterocycles. The van der Waals surface area contributed by atoms with Gasteiger partial charge in [0.15, 0.2) is 11.7 Å². The molecule has 0 aromatic carbocycles. The van der Waals surface area contributed by atoms with Gasteiger partial charge < -0.3 is 10.6 Å². The lowest BCUT2D eigenvalue weighted by molar-refractivity contribution is -0.142. The summed E-state index contributed by atoms with van der Waals surface area (Å²) < 4.78 is 40.2. The second kappa shape index (κ2) is 7.90. The fourth-order valence-corrected chi connectivity index (χ4v) is 3.13. The molecule has 2 unspecified atom stereocenters. The van der Waals surface area contributed by atoms with E-state index in [1.54, 1.807) is 0 Å². The molecule has 2 N–H and O–H groups in total. The average molecular weight is 345 g/mol. The Kier molecular flexibility index (Phi) is 6.12. The van der Waals surface area contributed by atoms with Crippen LogP contribution in [0.15, 0.2) is 11.2 Å². The molecular formula is C16H26F3N5. The fraction of sp³-hybridized carbons (Fsp3) is 0.750. The minimum absolute atomic E-state index is 0.0553. The molecule has 24 heavy (non-hydrogen) atoms. The number of rotatable bonds is 4. The van der Waals surface area contributed by atoms with Crippen LogP contribution in [-0.4, -0.2) is 28.3 Å². The van der Waals surface area contributed by atoms with Crippen molar-refractivity contribution >= 4 is 5.96 Å². The molecule has 1 heterocycles. The Bertz CT molecular complexity index is 565. The fourth-order valence-electron chi connectivity index (χ4n) is 3.13. The molecule has 0 radical (unpaired) electrons. The summed E-state index contributed by atoms with van der Waals surface area (Å²) in [6, 6.07) is 0.322. The van der Waals surface area contributed by atoms with Gasteiger partial charge in [0, 0.05) is 31.4 Å². The number of halogens is 3. The van der Waals surface area contributed by atoms with Crippen molar-refractivity contribution in [2.24, 2.45) is 18.0 Å². The summed E-state index contributed by atoms with van der Waals surface area (Å²) >= 11 is 0. The Morgan fingerprint density at radius 2 is 2.17 bits per heavy atom. The molecule has 0 aliphatic heterocycles. The lowest BCUT2D eigenvalue weighted by atomic mass is 9.87. The summed E-state index contributed by atoms with van der Waals surface area (Å²) in [5.74, 6) is 1.22. The highest BCUT2D eigenvalue weighted by Gasteiger charge is 2.36. The monoisotopic (exact) mass is 345 g/mol. The van der Waals surface area contributed by atoms with Gasteiger partial charge in [-0.1, -0.05) is 19.8 Å². The predicted octanol–water partition coefficient (Wildman–Crippen LogP) is 3.07. The lowest BCUT2D eigenvalue weighted by Crippen LogP contribution is -2.45. The first kappa shape index (κ1) is 18.6.